The number of rotatable bonds is 7. The number of ether oxygens (including phenoxy) is 2. The molecule has 0 amide bonds. The molecular weight excluding hydrogens is 196 g/mol. The molecule has 0 spiro atoms. The lowest BCUT2D eigenvalue weighted by molar-refractivity contribution is 0.000454. The van der Waals surface area contributed by atoms with Gasteiger partial charge in [0.15, 0.2) is 5.76 Å². The average molecular weight is 212 g/mol. The minimum atomic E-state index is -0.150. The Kier molecular flexibility index (Phi) is 5.07. The molecule has 0 fully saturated rings. The third kappa shape index (κ3) is 4.27. The number of hydrogen-bond donors (Lipinski definition) is 0. The minimum absolute atomic E-state index is 0.0295. The number of carbonyl (C=O) groups is 1. The van der Waals surface area contributed by atoms with Gasteiger partial charge < -0.3 is 13.9 Å². The Morgan fingerprint density at radius 2 is 2.40 bits per heavy atom. The standard InChI is InChI=1S/C11H16O4/c1-3-13-7-9(2)15-8-10(12)11-5-4-6-14-11/h4-6,9H,3,7-8H2,1-2H3. The van der Waals surface area contributed by atoms with Crippen molar-refractivity contribution in [1.29, 1.82) is 0 Å². The first-order valence-corrected chi connectivity index (χ1v) is 5.00. The molecule has 0 saturated carbocycles. The van der Waals surface area contributed by atoms with Crippen LogP contribution in [0, 0.1) is 0 Å². The number of furan rings is 1. The van der Waals surface area contributed by atoms with Crippen LogP contribution in [0.5, 0.6) is 0 Å². The first-order chi connectivity index (χ1) is 7.24. The van der Waals surface area contributed by atoms with Crippen LogP contribution in [0.4, 0.5) is 0 Å². The first kappa shape index (κ1) is 11.9. The second-order valence-electron chi connectivity index (χ2n) is 3.18. The lowest BCUT2D eigenvalue weighted by atomic mass is 10.3. The molecule has 0 N–H and O–H groups in total. The van der Waals surface area contributed by atoms with Crippen molar-refractivity contribution in [2.75, 3.05) is 19.8 Å². The molecule has 1 aromatic heterocycles. The van der Waals surface area contributed by atoms with Crippen molar-refractivity contribution in [3.05, 3.63) is 24.2 Å². The van der Waals surface area contributed by atoms with Gasteiger partial charge in [-0.1, -0.05) is 0 Å². The van der Waals surface area contributed by atoms with Crippen molar-refractivity contribution in [3.63, 3.8) is 0 Å². The van der Waals surface area contributed by atoms with Crippen molar-refractivity contribution in [2.24, 2.45) is 0 Å². The molecule has 84 valence electrons. The van der Waals surface area contributed by atoms with Crippen LogP contribution in [0.1, 0.15) is 24.4 Å². The van der Waals surface area contributed by atoms with E-state index >= 15 is 0 Å². The Morgan fingerprint density at radius 3 is 3.00 bits per heavy atom. The van der Waals surface area contributed by atoms with Crippen molar-refractivity contribution < 1.29 is 18.7 Å². The van der Waals surface area contributed by atoms with E-state index in [4.69, 9.17) is 13.9 Å². The van der Waals surface area contributed by atoms with Gasteiger partial charge in [0, 0.05) is 6.61 Å². The van der Waals surface area contributed by atoms with Gasteiger partial charge in [0.2, 0.25) is 5.78 Å². The number of Topliss-reactive ketones (excluding diaryl/α,β-unsaturated/α-hetero) is 1. The van der Waals surface area contributed by atoms with Gasteiger partial charge in [-0.2, -0.15) is 0 Å². The molecule has 1 aromatic rings. The summed E-state index contributed by atoms with van der Waals surface area (Å²) in [5.74, 6) is 0.182. The molecule has 0 aliphatic rings. The highest BCUT2D eigenvalue weighted by Crippen LogP contribution is 2.02. The molecule has 0 aromatic carbocycles. The summed E-state index contributed by atoms with van der Waals surface area (Å²) in [6.45, 7) is 4.97. The number of hydrogen-bond acceptors (Lipinski definition) is 4. The lowest BCUT2D eigenvalue weighted by Crippen LogP contribution is -2.20. The topological polar surface area (TPSA) is 48.7 Å². The zero-order chi connectivity index (χ0) is 11.1. The van der Waals surface area contributed by atoms with Gasteiger partial charge in [0.25, 0.3) is 0 Å². The van der Waals surface area contributed by atoms with Crippen LogP contribution in [-0.4, -0.2) is 31.7 Å². The van der Waals surface area contributed by atoms with Crippen molar-refractivity contribution in [2.45, 2.75) is 20.0 Å². The normalized spacial score (nSPS) is 12.7. The first-order valence-electron chi connectivity index (χ1n) is 5.00. The van der Waals surface area contributed by atoms with Crippen molar-refractivity contribution >= 4 is 5.78 Å². The Hall–Kier alpha value is -1.13. The van der Waals surface area contributed by atoms with Crippen LogP contribution in [0.3, 0.4) is 0 Å². The molecular formula is C11H16O4. The lowest BCUT2D eigenvalue weighted by Gasteiger charge is -2.11. The van der Waals surface area contributed by atoms with E-state index in [-0.39, 0.29) is 18.5 Å². The quantitative estimate of drug-likeness (QED) is 0.648. The summed E-state index contributed by atoms with van der Waals surface area (Å²) in [6, 6.07) is 3.30. The maximum absolute atomic E-state index is 11.4. The van der Waals surface area contributed by atoms with E-state index in [1.807, 2.05) is 13.8 Å². The largest absolute Gasteiger partial charge is 0.461 e. The van der Waals surface area contributed by atoms with Gasteiger partial charge in [0.1, 0.15) is 6.61 Å². The number of carbonyl (C=O) groups excluding carboxylic acids is 1. The van der Waals surface area contributed by atoms with Gasteiger partial charge in [-0.15, -0.1) is 0 Å². The van der Waals surface area contributed by atoms with Gasteiger partial charge in [-0.3, -0.25) is 4.79 Å². The summed E-state index contributed by atoms with van der Waals surface area (Å²) in [4.78, 5) is 11.4. The molecule has 1 rings (SSSR count). The second kappa shape index (κ2) is 6.37. The molecule has 0 saturated heterocycles. The summed E-state index contributed by atoms with van der Waals surface area (Å²) in [7, 11) is 0. The zero-order valence-corrected chi connectivity index (χ0v) is 9.06. The molecule has 4 heteroatoms. The van der Waals surface area contributed by atoms with Crippen LogP contribution in [-0.2, 0) is 9.47 Å². The predicted octanol–water partition coefficient (Wildman–Crippen LogP) is 1.90. The van der Waals surface area contributed by atoms with E-state index < -0.39 is 0 Å². The summed E-state index contributed by atoms with van der Waals surface area (Å²) < 4.78 is 15.4. The summed E-state index contributed by atoms with van der Waals surface area (Å²) in [5, 5.41) is 0. The van der Waals surface area contributed by atoms with Crippen LogP contribution in [0.2, 0.25) is 0 Å². The maximum Gasteiger partial charge on any atom is 0.223 e. The zero-order valence-electron chi connectivity index (χ0n) is 9.06. The van der Waals surface area contributed by atoms with E-state index in [1.165, 1.54) is 6.26 Å². The van der Waals surface area contributed by atoms with Crippen LogP contribution in [0.25, 0.3) is 0 Å². The fourth-order valence-electron chi connectivity index (χ4n) is 1.06. The van der Waals surface area contributed by atoms with Gasteiger partial charge >= 0.3 is 0 Å². The molecule has 0 aliphatic carbocycles. The average Bonchev–Trinajstić information content (AvgIpc) is 2.76. The fraction of sp³-hybridized carbons (Fsp3) is 0.545. The summed E-state index contributed by atoms with van der Waals surface area (Å²) in [5.41, 5.74) is 0. The van der Waals surface area contributed by atoms with Crippen molar-refractivity contribution in [1.82, 2.24) is 0 Å². The molecule has 1 heterocycles. The van der Waals surface area contributed by atoms with E-state index in [0.717, 1.165) is 0 Å². The molecule has 1 atom stereocenters. The second-order valence-corrected chi connectivity index (χ2v) is 3.18. The Bertz CT molecular complexity index is 279. The third-order valence-electron chi connectivity index (χ3n) is 1.85. The maximum atomic E-state index is 11.4. The van der Waals surface area contributed by atoms with Crippen LogP contribution >= 0.6 is 0 Å². The molecule has 15 heavy (non-hydrogen) atoms. The molecule has 0 bridgehead atoms. The highest BCUT2D eigenvalue weighted by atomic mass is 16.5. The van der Waals surface area contributed by atoms with Gasteiger partial charge in [-0.05, 0) is 26.0 Å². The van der Waals surface area contributed by atoms with Crippen molar-refractivity contribution in [3.8, 4) is 0 Å². The Labute approximate surface area is 89.2 Å². The minimum Gasteiger partial charge on any atom is -0.461 e. The Balaban J connectivity index is 2.22. The Morgan fingerprint density at radius 1 is 1.60 bits per heavy atom. The van der Waals surface area contributed by atoms with Crippen LogP contribution in [0.15, 0.2) is 22.8 Å². The monoisotopic (exact) mass is 212 g/mol. The SMILES string of the molecule is CCOCC(C)OCC(=O)c1ccco1. The van der Waals surface area contributed by atoms with E-state index in [1.54, 1.807) is 12.1 Å². The van der Waals surface area contributed by atoms with E-state index in [9.17, 15) is 4.79 Å². The predicted molar refractivity (Wildman–Crippen MR) is 54.9 cm³/mol. The summed E-state index contributed by atoms with van der Waals surface area (Å²) >= 11 is 0. The molecule has 0 radical (unpaired) electrons. The fourth-order valence-corrected chi connectivity index (χ4v) is 1.06. The highest BCUT2D eigenvalue weighted by molar-refractivity contribution is 5.94. The molecule has 0 aliphatic heterocycles. The molecule has 4 nitrogen and oxygen atoms in total. The summed E-state index contributed by atoms with van der Waals surface area (Å²) in [6.07, 6.45) is 1.39. The highest BCUT2D eigenvalue weighted by Gasteiger charge is 2.11. The third-order valence-corrected chi connectivity index (χ3v) is 1.85. The number of ketones is 1. The smallest absolute Gasteiger partial charge is 0.223 e. The molecule has 1 unspecified atom stereocenters. The van der Waals surface area contributed by atoms with Gasteiger partial charge in [-0.25, -0.2) is 0 Å². The van der Waals surface area contributed by atoms with Gasteiger partial charge in [0.05, 0.1) is 19.0 Å². The van der Waals surface area contributed by atoms with Crippen LogP contribution < -0.4 is 0 Å². The van der Waals surface area contributed by atoms with E-state index in [2.05, 4.69) is 0 Å². The van der Waals surface area contributed by atoms with E-state index in [0.29, 0.717) is 19.0 Å².